The lowest BCUT2D eigenvalue weighted by molar-refractivity contribution is 1.11. The molecule has 2 heterocycles. The SMILES string of the molecule is C#CCSc1ncnc2sc(CC)c(-c3ccc(C)c(C)c3)c12. The molecule has 0 spiro atoms. The minimum Gasteiger partial charge on any atom is -0.229 e. The Kier molecular flexibility index (Phi) is 4.70. The first-order valence-electron chi connectivity index (χ1n) is 7.56. The summed E-state index contributed by atoms with van der Waals surface area (Å²) in [7, 11) is 0. The van der Waals surface area contributed by atoms with E-state index in [9.17, 15) is 0 Å². The fourth-order valence-corrected chi connectivity index (χ4v) is 4.47. The molecule has 2 nitrogen and oxygen atoms in total. The molecule has 0 bridgehead atoms. The van der Waals surface area contributed by atoms with Crippen molar-refractivity contribution in [1.82, 2.24) is 9.97 Å². The highest BCUT2D eigenvalue weighted by Gasteiger charge is 2.18. The second-order valence-electron chi connectivity index (χ2n) is 5.40. The molecule has 116 valence electrons. The Hall–Kier alpha value is -1.83. The van der Waals surface area contributed by atoms with Crippen LogP contribution >= 0.6 is 23.1 Å². The predicted octanol–water partition coefficient (Wildman–Crippen LogP) is 5.26. The molecule has 2 aromatic heterocycles. The van der Waals surface area contributed by atoms with Crippen LogP contribution in [0.4, 0.5) is 0 Å². The van der Waals surface area contributed by atoms with Crippen LogP contribution in [-0.4, -0.2) is 15.7 Å². The van der Waals surface area contributed by atoms with E-state index in [1.807, 2.05) is 0 Å². The first kappa shape index (κ1) is 16.0. The predicted molar refractivity (Wildman–Crippen MR) is 101 cm³/mol. The molecule has 3 aromatic rings. The van der Waals surface area contributed by atoms with E-state index in [1.165, 1.54) is 27.1 Å². The maximum atomic E-state index is 5.43. The van der Waals surface area contributed by atoms with Crippen molar-refractivity contribution in [1.29, 1.82) is 0 Å². The summed E-state index contributed by atoms with van der Waals surface area (Å²) in [6.45, 7) is 6.49. The van der Waals surface area contributed by atoms with Gasteiger partial charge in [0.1, 0.15) is 16.2 Å². The Labute approximate surface area is 145 Å². The molecule has 0 atom stereocenters. The third-order valence-electron chi connectivity index (χ3n) is 3.94. The molecule has 23 heavy (non-hydrogen) atoms. The standard InChI is InChI=1S/C19H18N2S2/c1-5-9-22-18-17-16(14-8-7-12(3)13(4)10-14)15(6-2)23-19(17)21-11-20-18/h1,7-8,10-11H,6,9H2,2-4H3. The lowest BCUT2D eigenvalue weighted by Crippen LogP contribution is -1.89. The smallest absolute Gasteiger partial charge is 0.128 e. The van der Waals surface area contributed by atoms with Gasteiger partial charge in [-0.2, -0.15) is 0 Å². The normalized spacial score (nSPS) is 10.9. The van der Waals surface area contributed by atoms with E-state index in [1.54, 1.807) is 29.4 Å². The van der Waals surface area contributed by atoms with Crippen LogP contribution in [0, 0.1) is 26.2 Å². The number of nitrogens with zero attached hydrogens (tertiary/aromatic N) is 2. The first-order chi connectivity index (χ1) is 11.2. The summed E-state index contributed by atoms with van der Waals surface area (Å²) < 4.78 is 0. The summed E-state index contributed by atoms with van der Waals surface area (Å²) >= 11 is 3.37. The second-order valence-corrected chi connectivity index (χ2v) is 7.45. The van der Waals surface area contributed by atoms with Crippen LogP contribution in [-0.2, 0) is 6.42 Å². The monoisotopic (exact) mass is 338 g/mol. The molecular weight excluding hydrogens is 320 g/mol. The molecule has 0 saturated carbocycles. The van der Waals surface area contributed by atoms with Crippen molar-refractivity contribution in [2.75, 3.05) is 5.75 Å². The van der Waals surface area contributed by atoms with Crippen molar-refractivity contribution in [3.05, 3.63) is 40.5 Å². The van der Waals surface area contributed by atoms with E-state index in [-0.39, 0.29) is 0 Å². The number of hydrogen-bond donors (Lipinski definition) is 0. The zero-order chi connectivity index (χ0) is 16.4. The molecule has 0 aliphatic heterocycles. The molecule has 0 aliphatic carbocycles. The first-order valence-corrected chi connectivity index (χ1v) is 9.36. The van der Waals surface area contributed by atoms with Crippen molar-refractivity contribution in [3.63, 3.8) is 0 Å². The zero-order valence-corrected chi connectivity index (χ0v) is 15.1. The van der Waals surface area contributed by atoms with Crippen LogP contribution in [0.15, 0.2) is 29.6 Å². The van der Waals surface area contributed by atoms with Crippen molar-refractivity contribution >= 4 is 33.3 Å². The van der Waals surface area contributed by atoms with Crippen molar-refractivity contribution in [2.45, 2.75) is 32.2 Å². The molecule has 0 aliphatic rings. The van der Waals surface area contributed by atoms with Crippen molar-refractivity contribution < 1.29 is 0 Å². The Morgan fingerprint density at radius 3 is 2.74 bits per heavy atom. The van der Waals surface area contributed by atoms with Gasteiger partial charge < -0.3 is 0 Å². The second kappa shape index (κ2) is 6.74. The molecule has 0 fully saturated rings. The summed E-state index contributed by atoms with van der Waals surface area (Å²) in [5.74, 6) is 3.30. The largest absolute Gasteiger partial charge is 0.229 e. The van der Waals surface area contributed by atoms with Gasteiger partial charge in [-0.25, -0.2) is 9.97 Å². The van der Waals surface area contributed by atoms with Crippen LogP contribution in [0.25, 0.3) is 21.3 Å². The summed E-state index contributed by atoms with van der Waals surface area (Å²) in [6.07, 6.45) is 8.05. The van der Waals surface area contributed by atoms with Crippen molar-refractivity contribution in [3.8, 4) is 23.5 Å². The molecule has 3 rings (SSSR count). The Balaban J connectivity index is 2.28. The maximum Gasteiger partial charge on any atom is 0.128 e. The number of fused-ring (bicyclic) bond motifs is 1. The van der Waals surface area contributed by atoms with Crippen LogP contribution in [0.2, 0.25) is 0 Å². The molecule has 0 saturated heterocycles. The zero-order valence-electron chi connectivity index (χ0n) is 13.5. The lowest BCUT2D eigenvalue weighted by atomic mass is 9.98. The molecule has 1 aromatic carbocycles. The highest BCUT2D eigenvalue weighted by Crippen LogP contribution is 2.42. The van der Waals surface area contributed by atoms with E-state index in [4.69, 9.17) is 6.42 Å². The number of benzene rings is 1. The number of thioether (sulfide) groups is 1. The van der Waals surface area contributed by atoms with Gasteiger partial charge in [0.15, 0.2) is 0 Å². The summed E-state index contributed by atoms with van der Waals surface area (Å²) in [4.78, 5) is 11.4. The fourth-order valence-electron chi connectivity index (χ4n) is 2.62. The van der Waals surface area contributed by atoms with E-state index in [0.29, 0.717) is 5.75 Å². The van der Waals surface area contributed by atoms with Crippen LogP contribution in [0.3, 0.4) is 0 Å². The summed E-state index contributed by atoms with van der Waals surface area (Å²) in [5.41, 5.74) is 5.13. The summed E-state index contributed by atoms with van der Waals surface area (Å²) in [5, 5.41) is 2.13. The van der Waals surface area contributed by atoms with Gasteiger partial charge in [-0.05, 0) is 37.0 Å². The maximum absolute atomic E-state index is 5.43. The molecule has 4 heteroatoms. The Morgan fingerprint density at radius 1 is 1.22 bits per heavy atom. The minimum absolute atomic E-state index is 0.621. The van der Waals surface area contributed by atoms with Gasteiger partial charge in [-0.15, -0.1) is 17.8 Å². The molecule has 0 radical (unpaired) electrons. The van der Waals surface area contributed by atoms with Gasteiger partial charge in [0.2, 0.25) is 0 Å². The van der Waals surface area contributed by atoms with Crippen LogP contribution < -0.4 is 0 Å². The number of rotatable bonds is 4. The third kappa shape index (κ3) is 2.99. The minimum atomic E-state index is 0.621. The van der Waals surface area contributed by atoms with Crippen LogP contribution in [0.1, 0.15) is 22.9 Å². The molecule has 0 unspecified atom stereocenters. The van der Waals surface area contributed by atoms with Crippen LogP contribution in [0.5, 0.6) is 0 Å². The highest BCUT2D eigenvalue weighted by molar-refractivity contribution is 7.99. The highest BCUT2D eigenvalue weighted by atomic mass is 32.2. The van der Waals surface area contributed by atoms with Gasteiger partial charge in [-0.1, -0.05) is 42.8 Å². The Bertz CT molecular complexity index is 904. The van der Waals surface area contributed by atoms with Gasteiger partial charge in [0, 0.05) is 10.4 Å². The van der Waals surface area contributed by atoms with Crippen molar-refractivity contribution in [2.24, 2.45) is 0 Å². The topological polar surface area (TPSA) is 25.8 Å². The Morgan fingerprint density at radius 2 is 2.04 bits per heavy atom. The van der Waals surface area contributed by atoms with Gasteiger partial charge in [0.25, 0.3) is 0 Å². The van der Waals surface area contributed by atoms with Gasteiger partial charge >= 0.3 is 0 Å². The number of terminal acetylenes is 1. The average molecular weight is 339 g/mol. The summed E-state index contributed by atoms with van der Waals surface area (Å²) in [6, 6.07) is 6.65. The molecule has 0 N–H and O–H groups in total. The number of hydrogen-bond acceptors (Lipinski definition) is 4. The van der Waals surface area contributed by atoms with Gasteiger partial charge in [0.05, 0.1) is 11.1 Å². The number of thiophene rings is 1. The molecule has 0 amide bonds. The third-order valence-corrected chi connectivity index (χ3v) is 6.07. The fraction of sp³-hybridized carbons (Fsp3) is 0.263. The lowest BCUT2D eigenvalue weighted by Gasteiger charge is -2.08. The van der Waals surface area contributed by atoms with E-state index in [2.05, 4.69) is 54.9 Å². The van der Waals surface area contributed by atoms with Gasteiger partial charge in [-0.3, -0.25) is 0 Å². The van der Waals surface area contributed by atoms with E-state index < -0.39 is 0 Å². The van der Waals surface area contributed by atoms with E-state index >= 15 is 0 Å². The molecular formula is C19H18N2S2. The quantitative estimate of drug-likeness (QED) is 0.368. The number of aromatic nitrogens is 2. The number of aryl methyl sites for hydroxylation is 3. The van der Waals surface area contributed by atoms with E-state index in [0.717, 1.165) is 21.7 Å². The average Bonchev–Trinajstić information content (AvgIpc) is 2.94.